The van der Waals surface area contributed by atoms with Gasteiger partial charge in [-0.15, -0.1) is 0 Å². The highest BCUT2D eigenvalue weighted by Gasteiger charge is 2.18. The summed E-state index contributed by atoms with van der Waals surface area (Å²) in [4.78, 5) is 2.48. The molecule has 3 heteroatoms. The molecule has 0 saturated carbocycles. The highest BCUT2D eigenvalue weighted by Crippen LogP contribution is 2.16. The molecule has 1 unspecified atom stereocenters. The van der Waals surface area contributed by atoms with Gasteiger partial charge in [-0.1, -0.05) is 0 Å². The van der Waals surface area contributed by atoms with E-state index in [2.05, 4.69) is 11.8 Å². The lowest BCUT2D eigenvalue weighted by atomic mass is 9.99. The van der Waals surface area contributed by atoms with Crippen molar-refractivity contribution in [1.82, 2.24) is 4.90 Å². The first kappa shape index (κ1) is 12.9. The maximum Gasteiger partial charge on any atom is 0.0594 e. The fourth-order valence-corrected chi connectivity index (χ4v) is 2.03. The van der Waals surface area contributed by atoms with E-state index in [4.69, 9.17) is 4.74 Å². The molecule has 1 fully saturated rings. The summed E-state index contributed by atoms with van der Waals surface area (Å²) in [5.74, 6) is 0. The van der Waals surface area contributed by atoms with Gasteiger partial charge in [-0.25, -0.2) is 0 Å². The minimum atomic E-state index is -0.509. The molecule has 0 aromatic rings. The number of hydrogen-bond acceptors (Lipinski definition) is 3. The van der Waals surface area contributed by atoms with Crippen LogP contribution in [0.2, 0.25) is 0 Å². The lowest BCUT2D eigenvalue weighted by Crippen LogP contribution is -2.42. The number of aliphatic hydroxyl groups is 1. The fraction of sp³-hybridized carbons (Fsp3) is 1.00. The second kappa shape index (κ2) is 5.83. The second-order valence-corrected chi connectivity index (χ2v) is 5.20. The van der Waals surface area contributed by atoms with E-state index in [1.807, 2.05) is 13.8 Å². The third kappa shape index (κ3) is 5.50. The Morgan fingerprint density at radius 2 is 1.93 bits per heavy atom. The van der Waals surface area contributed by atoms with E-state index in [0.29, 0.717) is 6.04 Å². The predicted octanol–water partition coefficient (Wildman–Crippen LogP) is 1.65. The van der Waals surface area contributed by atoms with Crippen LogP contribution in [0.15, 0.2) is 0 Å². The minimum absolute atomic E-state index is 0.509. The van der Waals surface area contributed by atoms with E-state index in [9.17, 15) is 5.11 Å². The van der Waals surface area contributed by atoms with Crippen molar-refractivity contribution in [2.24, 2.45) is 0 Å². The van der Waals surface area contributed by atoms with E-state index in [-0.39, 0.29) is 0 Å². The smallest absolute Gasteiger partial charge is 0.0594 e. The molecule has 1 atom stereocenters. The maximum atomic E-state index is 9.61. The molecule has 0 amide bonds. The lowest BCUT2D eigenvalue weighted by molar-refractivity contribution is 0.0154. The summed E-state index contributed by atoms with van der Waals surface area (Å²) in [6.07, 6.45) is 3.16. The van der Waals surface area contributed by atoms with Gasteiger partial charge in [0.1, 0.15) is 0 Å². The Balaban J connectivity index is 2.14. The molecule has 1 aliphatic heterocycles. The molecule has 0 aromatic heterocycles. The van der Waals surface area contributed by atoms with Gasteiger partial charge in [-0.05, 0) is 40.0 Å². The predicted molar refractivity (Wildman–Crippen MR) is 62.0 cm³/mol. The first-order valence-corrected chi connectivity index (χ1v) is 6.03. The van der Waals surface area contributed by atoms with Crippen molar-refractivity contribution >= 4 is 0 Å². The summed E-state index contributed by atoms with van der Waals surface area (Å²) in [6.45, 7) is 9.90. The summed E-state index contributed by atoms with van der Waals surface area (Å²) in [6, 6.07) is 0.622. The molecule has 0 spiro atoms. The average molecular weight is 215 g/mol. The van der Waals surface area contributed by atoms with Crippen molar-refractivity contribution in [2.75, 3.05) is 26.3 Å². The number of hydrogen-bond donors (Lipinski definition) is 1. The van der Waals surface area contributed by atoms with Crippen LogP contribution in [0.4, 0.5) is 0 Å². The second-order valence-electron chi connectivity index (χ2n) is 5.20. The Bertz CT molecular complexity index is 171. The molecule has 0 radical (unpaired) electrons. The van der Waals surface area contributed by atoms with Crippen molar-refractivity contribution in [2.45, 2.75) is 51.7 Å². The summed E-state index contributed by atoms with van der Waals surface area (Å²) in [5.41, 5.74) is -0.509. The number of nitrogens with zero attached hydrogens (tertiary/aromatic N) is 1. The van der Waals surface area contributed by atoms with Crippen LogP contribution in [-0.4, -0.2) is 48.0 Å². The Morgan fingerprint density at radius 3 is 2.47 bits per heavy atom. The van der Waals surface area contributed by atoms with E-state index < -0.39 is 5.60 Å². The van der Waals surface area contributed by atoms with Gasteiger partial charge in [0.2, 0.25) is 0 Å². The van der Waals surface area contributed by atoms with Crippen LogP contribution >= 0.6 is 0 Å². The zero-order valence-corrected chi connectivity index (χ0v) is 10.3. The van der Waals surface area contributed by atoms with Crippen LogP contribution in [0, 0.1) is 0 Å². The van der Waals surface area contributed by atoms with Crippen molar-refractivity contribution in [3.63, 3.8) is 0 Å². The average Bonchev–Trinajstić information content (AvgIpc) is 2.17. The van der Waals surface area contributed by atoms with Gasteiger partial charge in [-0.2, -0.15) is 0 Å². The molecule has 1 heterocycles. The van der Waals surface area contributed by atoms with Crippen molar-refractivity contribution in [3.8, 4) is 0 Å². The highest BCUT2D eigenvalue weighted by atomic mass is 16.5. The van der Waals surface area contributed by atoms with E-state index in [0.717, 1.165) is 39.1 Å². The quantitative estimate of drug-likeness (QED) is 0.757. The number of ether oxygens (including phenoxy) is 1. The third-order valence-corrected chi connectivity index (χ3v) is 3.08. The number of morpholine rings is 1. The standard InChI is InChI=1S/C12H25NO2/c1-11(5-4-6-12(2,3)14)13-7-9-15-10-8-13/h11,14H,4-10H2,1-3H3. The monoisotopic (exact) mass is 215 g/mol. The summed E-state index contributed by atoms with van der Waals surface area (Å²) in [5, 5.41) is 9.61. The molecule has 15 heavy (non-hydrogen) atoms. The van der Waals surface area contributed by atoms with Crippen molar-refractivity contribution < 1.29 is 9.84 Å². The molecule has 0 aliphatic carbocycles. The van der Waals surface area contributed by atoms with Crippen molar-refractivity contribution in [1.29, 1.82) is 0 Å². The van der Waals surface area contributed by atoms with Crippen LogP contribution < -0.4 is 0 Å². The SMILES string of the molecule is CC(CCCC(C)(C)O)N1CCOCC1. The first-order chi connectivity index (χ1) is 6.99. The van der Waals surface area contributed by atoms with E-state index >= 15 is 0 Å². The Kier molecular flexibility index (Phi) is 5.03. The van der Waals surface area contributed by atoms with Crippen LogP contribution in [0.5, 0.6) is 0 Å². The normalized spacial score (nSPS) is 21.6. The minimum Gasteiger partial charge on any atom is -0.390 e. The topological polar surface area (TPSA) is 32.7 Å². The molecule has 1 saturated heterocycles. The highest BCUT2D eigenvalue weighted by molar-refractivity contribution is 4.72. The molecule has 3 nitrogen and oxygen atoms in total. The molecule has 90 valence electrons. The van der Waals surface area contributed by atoms with Gasteiger partial charge in [0, 0.05) is 19.1 Å². The van der Waals surface area contributed by atoms with Crippen LogP contribution in [0.3, 0.4) is 0 Å². The Labute approximate surface area is 93.4 Å². The van der Waals surface area contributed by atoms with Gasteiger partial charge in [0.05, 0.1) is 18.8 Å². The van der Waals surface area contributed by atoms with E-state index in [1.165, 1.54) is 6.42 Å². The Hall–Kier alpha value is -0.120. The summed E-state index contributed by atoms with van der Waals surface area (Å²) < 4.78 is 5.33. The largest absolute Gasteiger partial charge is 0.390 e. The maximum absolute atomic E-state index is 9.61. The van der Waals surface area contributed by atoms with Gasteiger partial charge in [0.15, 0.2) is 0 Å². The zero-order valence-electron chi connectivity index (χ0n) is 10.3. The molecule has 1 N–H and O–H groups in total. The van der Waals surface area contributed by atoms with Gasteiger partial charge < -0.3 is 9.84 Å². The molecule has 0 bridgehead atoms. The van der Waals surface area contributed by atoms with E-state index in [1.54, 1.807) is 0 Å². The number of rotatable bonds is 5. The Morgan fingerprint density at radius 1 is 1.33 bits per heavy atom. The molecule has 0 aromatic carbocycles. The van der Waals surface area contributed by atoms with Gasteiger partial charge in [0.25, 0.3) is 0 Å². The van der Waals surface area contributed by atoms with Crippen LogP contribution in [0.25, 0.3) is 0 Å². The first-order valence-electron chi connectivity index (χ1n) is 6.03. The molecule has 1 aliphatic rings. The van der Waals surface area contributed by atoms with Crippen LogP contribution in [-0.2, 0) is 4.74 Å². The molecular weight excluding hydrogens is 190 g/mol. The van der Waals surface area contributed by atoms with Crippen molar-refractivity contribution in [3.05, 3.63) is 0 Å². The zero-order chi connectivity index (χ0) is 11.3. The molecular formula is C12H25NO2. The summed E-state index contributed by atoms with van der Waals surface area (Å²) in [7, 11) is 0. The van der Waals surface area contributed by atoms with Gasteiger partial charge >= 0.3 is 0 Å². The fourth-order valence-electron chi connectivity index (χ4n) is 2.03. The lowest BCUT2D eigenvalue weighted by Gasteiger charge is -2.32. The summed E-state index contributed by atoms with van der Waals surface area (Å²) >= 11 is 0. The molecule has 1 rings (SSSR count). The van der Waals surface area contributed by atoms with Crippen LogP contribution in [0.1, 0.15) is 40.0 Å². The van der Waals surface area contributed by atoms with Gasteiger partial charge in [-0.3, -0.25) is 4.90 Å². The third-order valence-electron chi connectivity index (χ3n) is 3.08.